The number of amides is 1. The molecule has 2 aromatic rings. The van der Waals surface area contributed by atoms with Crippen LogP contribution in [0.1, 0.15) is 34.3 Å². The second kappa shape index (κ2) is 5.72. The minimum atomic E-state index is -0.0684. The van der Waals surface area contributed by atoms with Gasteiger partial charge in [-0.25, -0.2) is 0 Å². The highest BCUT2D eigenvalue weighted by Crippen LogP contribution is 2.26. The lowest BCUT2D eigenvalue weighted by Crippen LogP contribution is -2.26. The van der Waals surface area contributed by atoms with Crippen molar-refractivity contribution in [1.29, 1.82) is 0 Å². The Morgan fingerprint density at radius 1 is 1.09 bits per heavy atom. The van der Waals surface area contributed by atoms with Gasteiger partial charge in [0.2, 0.25) is 0 Å². The highest BCUT2D eigenvalue weighted by molar-refractivity contribution is 6.01. The molecule has 1 aliphatic carbocycles. The third-order valence-electron chi connectivity index (χ3n) is 3.99. The van der Waals surface area contributed by atoms with E-state index in [1.807, 2.05) is 12.1 Å². The normalized spacial score (nSPS) is 13.7. The first-order valence-electron chi connectivity index (χ1n) is 7.57. The van der Waals surface area contributed by atoms with Gasteiger partial charge in [0.1, 0.15) is 0 Å². The predicted molar refractivity (Wildman–Crippen MR) is 90.5 cm³/mol. The highest BCUT2D eigenvalue weighted by Gasteiger charge is 2.25. The van der Waals surface area contributed by atoms with Gasteiger partial charge in [-0.1, -0.05) is 6.07 Å². The van der Waals surface area contributed by atoms with Gasteiger partial charge in [-0.2, -0.15) is 0 Å². The molecule has 4 heteroatoms. The van der Waals surface area contributed by atoms with Crippen LogP contribution in [0.4, 0.5) is 17.1 Å². The summed E-state index contributed by atoms with van der Waals surface area (Å²) in [6, 6.07) is 11.9. The van der Waals surface area contributed by atoms with E-state index in [2.05, 4.69) is 36.6 Å². The molecule has 0 heterocycles. The van der Waals surface area contributed by atoms with Gasteiger partial charge in [0, 0.05) is 17.4 Å². The molecule has 3 rings (SSSR count). The van der Waals surface area contributed by atoms with Crippen molar-refractivity contribution in [1.82, 2.24) is 5.32 Å². The van der Waals surface area contributed by atoms with Crippen LogP contribution in [0.2, 0.25) is 0 Å². The Hall–Kier alpha value is -2.49. The molecule has 0 aromatic heterocycles. The molecule has 0 spiro atoms. The van der Waals surface area contributed by atoms with Gasteiger partial charge in [-0.3, -0.25) is 4.79 Å². The first-order valence-corrected chi connectivity index (χ1v) is 7.57. The summed E-state index contributed by atoms with van der Waals surface area (Å²) in [5, 5.41) is 6.34. The average molecular weight is 295 g/mol. The molecule has 22 heavy (non-hydrogen) atoms. The second-order valence-corrected chi connectivity index (χ2v) is 5.98. The Labute approximate surface area is 130 Å². The van der Waals surface area contributed by atoms with Crippen LogP contribution in [0.15, 0.2) is 36.4 Å². The summed E-state index contributed by atoms with van der Waals surface area (Å²) in [4.78, 5) is 12.4. The van der Waals surface area contributed by atoms with Crippen molar-refractivity contribution >= 4 is 23.0 Å². The van der Waals surface area contributed by atoms with Crippen LogP contribution in [0.25, 0.3) is 0 Å². The van der Waals surface area contributed by atoms with Crippen molar-refractivity contribution in [3.63, 3.8) is 0 Å². The molecular formula is C18H21N3O. The van der Waals surface area contributed by atoms with E-state index < -0.39 is 0 Å². The molecule has 0 unspecified atom stereocenters. The van der Waals surface area contributed by atoms with Crippen LogP contribution in [0.5, 0.6) is 0 Å². The molecule has 1 aliphatic rings. The fourth-order valence-corrected chi connectivity index (χ4v) is 2.32. The van der Waals surface area contributed by atoms with Crippen LogP contribution >= 0.6 is 0 Å². The van der Waals surface area contributed by atoms with E-state index in [0.29, 0.717) is 17.3 Å². The molecule has 0 radical (unpaired) electrons. The molecule has 4 N–H and O–H groups in total. The predicted octanol–water partition coefficient (Wildman–Crippen LogP) is 3.52. The minimum absolute atomic E-state index is 0.0684. The van der Waals surface area contributed by atoms with Gasteiger partial charge >= 0.3 is 0 Å². The minimum Gasteiger partial charge on any atom is -0.399 e. The van der Waals surface area contributed by atoms with Crippen molar-refractivity contribution < 1.29 is 4.79 Å². The number of aryl methyl sites for hydroxylation is 2. The van der Waals surface area contributed by atoms with Crippen LogP contribution in [0, 0.1) is 13.8 Å². The third kappa shape index (κ3) is 3.22. The maximum atomic E-state index is 12.4. The van der Waals surface area contributed by atoms with Gasteiger partial charge in [0.25, 0.3) is 5.91 Å². The highest BCUT2D eigenvalue weighted by atomic mass is 16.1. The van der Waals surface area contributed by atoms with E-state index >= 15 is 0 Å². The SMILES string of the molecule is Cc1ccc(Nc2ccc(N)cc2C(=O)NC2CC2)cc1C. The zero-order valence-corrected chi connectivity index (χ0v) is 12.9. The van der Waals surface area contributed by atoms with Crippen molar-refractivity contribution in [3.8, 4) is 0 Å². The van der Waals surface area contributed by atoms with Gasteiger partial charge in [-0.05, 0) is 68.1 Å². The van der Waals surface area contributed by atoms with E-state index in [0.717, 1.165) is 24.2 Å². The van der Waals surface area contributed by atoms with Gasteiger partial charge in [-0.15, -0.1) is 0 Å². The van der Waals surface area contributed by atoms with Crippen LogP contribution in [-0.4, -0.2) is 11.9 Å². The molecule has 0 aliphatic heterocycles. The second-order valence-electron chi connectivity index (χ2n) is 5.98. The molecule has 114 valence electrons. The smallest absolute Gasteiger partial charge is 0.253 e. The van der Waals surface area contributed by atoms with Gasteiger partial charge < -0.3 is 16.4 Å². The summed E-state index contributed by atoms with van der Waals surface area (Å²) in [5.74, 6) is -0.0684. The summed E-state index contributed by atoms with van der Waals surface area (Å²) in [5.41, 5.74) is 11.2. The lowest BCUT2D eigenvalue weighted by Gasteiger charge is -2.14. The van der Waals surface area contributed by atoms with Crippen molar-refractivity contribution in [2.24, 2.45) is 0 Å². The quantitative estimate of drug-likeness (QED) is 0.756. The monoisotopic (exact) mass is 295 g/mol. The molecule has 1 amide bonds. The Morgan fingerprint density at radius 2 is 1.86 bits per heavy atom. The van der Waals surface area contributed by atoms with Crippen molar-refractivity contribution in [2.45, 2.75) is 32.7 Å². The third-order valence-corrected chi connectivity index (χ3v) is 3.99. The van der Waals surface area contributed by atoms with Gasteiger partial charge in [0.05, 0.1) is 11.3 Å². The Kier molecular flexibility index (Phi) is 3.75. The molecule has 0 bridgehead atoms. The first-order chi connectivity index (χ1) is 10.5. The number of rotatable bonds is 4. The molecule has 1 fully saturated rings. The Morgan fingerprint density at radius 3 is 2.55 bits per heavy atom. The van der Waals surface area contributed by atoms with E-state index in [1.165, 1.54) is 11.1 Å². The molecule has 1 saturated carbocycles. The number of nitrogens with one attached hydrogen (secondary N) is 2. The van der Waals surface area contributed by atoms with Crippen molar-refractivity contribution in [3.05, 3.63) is 53.1 Å². The lowest BCUT2D eigenvalue weighted by molar-refractivity contribution is 0.0952. The summed E-state index contributed by atoms with van der Waals surface area (Å²) in [6.45, 7) is 4.15. The standard InChI is InChI=1S/C18H21N3O/c1-11-3-5-15(9-12(11)2)20-17-8-4-13(19)10-16(17)18(22)21-14-6-7-14/h3-5,8-10,14,20H,6-7,19H2,1-2H3,(H,21,22). The van der Waals surface area contributed by atoms with Crippen LogP contribution in [-0.2, 0) is 0 Å². The number of benzene rings is 2. The Bertz CT molecular complexity index is 720. The number of anilines is 3. The Balaban J connectivity index is 1.88. The first kappa shape index (κ1) is 14.4. The van der Waals surface area contributed by atoms with Crippen molar-refractivity contribution in [2.75, 3.05) is 11.1 Å². The zero-order valence-electron chi connectivity index (χ0n) is 12.9. The largest absolute Gasteiger partial charge is 0.399 e. The van der Waals surface area contributed by atoms with Crippen LogP contribution < -0.4 is 16.4 Å². The molecule has 0 saturated heterocycles. The summed E-state index contributed by atoms with van der Waals surface area (Å²) in [6.07, 6.45) is 2.13. The number of carbonyl (C=O) groups excluding carboxylic acids is 1. The summed E-state index contributed by atoms with van der Waals surface area (Å²) < 4.78 is 0. The number of hydrogen-bond donors (Lipinski definition) is 3. The maximum absolute atomic E-state index is 12.4. The van der Waals surface area contributed by atoms with E-state index in [4.69, 9.17) is 5.73 Å². The molecular weight excluding hydrogens is 274 g/mol. The fraction of sp³-hybridized carbons (Fsp3) is 0.278. The van der Waals surface area contributed by atoms with E-state index in [1.54, 1.807) is 12.1 Å². The van der Waals surface area contributed by atoms with E-state index in [9.17, 15) is 4.79 Å². The van der Waals surface area contributed by atoms with Gasteiger partial charge in [0.15, 0.2) is 0 Å². The lowest BCUT2D eigenvalue weighted by atomic mass is 10.1. The molecule has 4 nitrogen and oxygen atoms in total. The summed E-state index contributed by atoms with van der Waals surface area (Å²) in [7, 11) is 0. The molecule has 0 atom stereocenters. The summed E-state index contributed by atoms with van der Waals surface area (Å²) >= 11 is 0. The number of carbonyl (C=O) groups is 1. The number of nitrogens with two attached hydrogens (primary N) is 1. The van der Waals surface area contributed by atoms with E-state index in [-0.39, 0.29) is 5.91 Å². The average Bonchev–Trinajstić information content (AvgIpc) is 3.28. The number of hydrogen-bond acceptors (Lipinski definition) is 3. The number of nitrogen functional groups attached to an aromatic ring is 1. The topological polar surface area (TPSA) is 67.1 Å². The maximum Gasteiger partial charge on any atom is 0.253 e. The van der Waals surface area contributed by atoms with Crippen LogP contribution in [0.3, 0.4) is 0 Å². The zero-order chi connectivity index (χ0) is 15.7. The fourth-order valence-electron chi connectivity index (χ4n) is 2.32. The molecule has 2 aromatic carbocycles.